The smallest absolute Gasteiger partial charge is 0.253 e. The largest absolute Gasteiger partial charge is 0.382 e. The maximum absolute atomic E-state index is 12.4. The van der Waals surface area contributed by atoms with Crippen LogP contribution >= 0.6 is 0 Å². The number of anilines is 1. The molecule has 0 radical (unpaired) electrons. The molecule has 0 bridgehead atoms. The predicted molar refractivity (Wildman–Crippen MR) is 84.1 cm³/mol. The lowest BCUT2D eigenvalue weighted by atomic mass is 9.87. The predicted octanol–water partition coefficient (Wildman–Crippen LogP) is 3.82. The standard InChI is InChI=1S/C17H26N2O/c1-12(2)18-16-7-5-4-6-15(16)17(20)19-14-10-8-13(3)9-11-14/h4-7,12-14,18H,8-11H2,1-3H3,(H,19,20). The van der Waals surface area contributed by atoms with Crippen LogP contribution in [0.1, 0.15) is 56.8 Å². The molecule has 20 heavy (non-hydrogen) atoms. The minimum atomic E-state index is 0.0494. The van der Waals surface area contributed by atoms with Gasteiger partial charge in [0.1, 0.15) is 0 Å². The molecule has 110 valence electrons. The number of benzene rings is 1. The molecule has 1 aliphatic carbocycles. The Morgan fingerprint density at radius 3 is 2.45 bits per heavy atom. The first kappa shape index (κ1) is 14.9. The van der Waals surface area contributed by atoms with E-state index in [1.807, 2.05) is 24.3 Å². The molecule has 0 spiro atoms. The van der Waals surface area contributed by atoms with E-state index in [0.717, 1.165) is 30.0 Å². The minimum absolute atomic E-state index is 0.0494. The molecule has 3 heteroatoms. The van der Waals surface area contributed by atoms with Crippen molar-refractivity contribution in [3.8, 4) is 0 Å². The molecule has 1 amide bonds. The molecule has 3 nitrogen and oxygen atoms in total. The molecule has 1 aromatic carbocycles. The van der Waals surface area contributed by atoms with E-state index in [-0.39, 0.29) is 5.91 Å². The third-order valence-electron chi connectivity index (χ3n) is 3.97. The molecule has 0 unspecified atom stereocenters. The van der Waals surface area contributed by atoms with Crippen LogP contribution in [0.5, 0.6) is 0 Å². The SMILES string of the molecule is CC1CCC(NC(=O)c2ccccc2NC(C)C)CC1. The van der Waals surface area contributed by atoms with Gasteiger partial charge in [-0.15, -0.1) is 0 Å². The molecule has 0 aliphatic heterocycles. The molecule has 0 aromatic heterocycles. The minimum Gasteiger partial charge on any atom is -0.382 e. The Morgan fingerprint density at radius 1 is 1.15 bits per heavy atom. The number of para-hydroxylation sites is 1. The molecule has 0 heterocycles. The summed E-state index contributed by atoms with van der Waals surface area (Å²) in [5.41, 5.74) is 1.67. The van der Waals surface area contributed by atoms with Gasteiger partial charge in [-0.2, -0.15) is 0 Å². The van der Waals surface area contributed by atoms with E-state index in [0.29, 0.717) is 12.1 Å². The van der Waals surface area contributed by atoms with Gasteiger partial charge >= 0.3 is 0 Å². The highest BCUT2D eigenvalue weighted by atomic mass is 16.1. The lowest BCUT2D eigenvalue weighted by molar-refractivity contribution is 0.0924. The molecule has 1 aromatic rings. The van der Waals surface area contributed by atoms with Gasteiger partial charge in [0, 0.05) is 17.8 Å². The molecule has 2 rings (SSSR count). The van der Waals surface area contributed by atoms with Crippen LogP contribution in [0.3, 0.4) is 0 Å². The van der Waals surface area contributed by atoms with Crippen molar-refractivity contribution in [2.24, 2.45) is 5.92 Å². The van der Waals surface area contributed by atoms with E-state index in [2.05, 4.69) is 31.4 Å². The first-order valence-corrected chi connectivity index (χ1v) is 7.72. The van der Waals surface area contributed by atoms with Gasteiger partial charge in [0.2, 0.25) is 0 Å². The Bertz CT molecular complexity index is 448. The van der Waals surface area contributed by atoms with Gasteiger partial charge in [0.25, 0.3) is 5.91 Å². The van der Waals surface area contributed by atoms with Crippen molar-refractivity contribution in [2.45, 2.75) is 58.5 Å². The molecule has 0 saturated heterocycles. The van der Waals surface area contributed by atoms with Gasteiger partial charge in [-0.1, -0.05) is 19.1 Å². The number of nitrogens with one attached hydrogen (secondary N) is 2. The molecule has 1 aliphatic rings. The molecule has 1 fully saturated rings. The summed E-state index contributed by atoms with van der Waals surface area (Å²) in [5, 5.41) is 6.53. The Labute approximate surface area is 122 Å². The number of amides is 1. The summed E-state index contributed by atoms with van der Waals surface area (Å²) in [4.78, 5) is 12.4. The zero-order valence-electron chi connectivity index (χ0n) is 12.8. The van der Waals surface area contributed by atoms with Crippen LogP contribution in [0.2, 0.25) is 0 Å². The molecule has 0 atom stereocenters. The maximum atomic E-state index is 12.4. The lowest BCUT2D eigenvalue weighted by Crippen LogP contribution is -2.37. The van der Waals surface area contributed by atoms with Crippen LogP contribution in [0.25, 0.3) is 0 Å². The van der Waals surface area contributed by atoms with E-state index in [9.17, 15) is 4.79 Å². The van der Waals surface area contributed by atoms with Crippen molar-refractivity contribution in [3.05, 3.63) is 29.8 Å². The number of rotatable bonds is 4. The topological polar surface area (TPSA) is 41.1 Å². The fourth-order valence-electron chi connectivity index (χ4n) is 2.79. The van der Waals surface area contributed by atoms with Crippen LogP contribution in [0.15, 0.2) is 24.3 Å². The number of hydrogen-bond donors (Lipinski definition) is 2. The summed E-state index contributed by atoms with van der Waals surface area (Å²) in [6.45, 7) is 6.45. The van der Waals surface area contributed by atoms with Gasteiger partial charge in [-0.05, 0) is 57.6 Å². The van der Waals surface area contributed by atoms with Gasteiger partial charge in [-0.25, -0.2) is 0 Å². The Hall–Kier alpha value is -1.51. The van der Waals surface area contributed by atoms with Gasteiger partial charge in [0.15, 0.2) is 0 Å². The number of carbonyl (C=O) groups excluding carboxylic acids is 1. The number of hydrogen-bond acceptors (Lipinski definition) is 2. The highest BCUT2D eigenvalue weighted by molar-refractivity contribution is 5.99. The van der Waals surface area contributed by atoms with Gasteiger partial charge < -0.3 is 10.6 Å². The molecular weight excluding hydrogens is 248 g/mol. The fourth-order valence-corrected chi connectivity index (χ4v) is 2.79. The zero-order valence-corrected chi connectivity index (χ0v) is 12.8. The average Bonchev–Trinajstić information content (AvgIpc) is 2.41. The second-order valence-corrected chi connectivity index (χ2v) is 6.27. The Morgan fingerprint density at radius 2 is 1.80 bits per heavy atom. The first-order chi connectivity index (χ1) is 9.56. The zero-order chi connectivity index (χ0) is 14.5. The maximum Gasteiger partial charge on any atom is 0.253 e. The van der Waals surface area contributed by atoms with E-state index in [1.54, 1.807) is 0 Å². The van der Waals surface area contributed by atoms with E-state index >= 15 is 0 Å². The normalized spacial score (nSPS) is 22.6. The second kappa shape index (κ2) is 6.78. The van der Waals surface area contributed by atoms with Crippen molar-refractivity contribution in [1.29, 1.82) is 0 Å². The average molecular weight is 274 g/mol. The molecule has 2 N–H and O–H groups in total. The van der Waals surface area contributed by atoms with Gasteiger partial charge in [-0.3, -0.25) is 4.79 Å². The summed E-state index contributed by atoms with van der Waals surface area (Å²) < 4.78 is 0. The lowest BCUT2D eigenvalue weighted by Gasteiger charge is -2.27. The van der Waals surface area contributed by atoms with Crippen LogP contribution in [-0.4, -0.2) is 18.0 Å². The Kier molecular flexibility index (Phi) is 5.05. The summed E-state index contributed by atoms with van der Waals surface area (Å²) >= 11 is 0. The van der Waals surface area contributed by atoms with Crippen molar-refractivity contribution >= 4 is 11.6 Å². The van der Waals surface area contributed by atoms with Crippen LogP contribution in [0, 0.1) is 5.92 Å². The van der Waals surface area contributed by atoms with Gasteiger partial charge in [0.05, 0.1) is 5.56 Å². The third-order valence-corrected chi connectivity index (χ3v) is 3.97. The molecular formula is C17H26N2O. The summed E-state index contributed by atoms with van der Waals surface area (Å²) in [5.74, 6) is 0.853. The highest BCUT2D eigenvalue weighted by Gasteiger charge is 2.21. The van der Waals surface area contributed by atoms with Crippen molar-refractivity contribution in [1.82, 2.24) is 5.32 Å². The van der Waals surface area contributed by atoms with E-state index < -0.39 is 0 Å². The van der Waals surface area contributed by atoms with Crippen LogP contribution in [0.4, 0.5) is 5.69 Å². The Balaban J connectivity index is 2.01. The monoisotopic (exact) mass is 274 g/mol. The van der Waals surface area contributed by atoms with Crippen LogP contribution in [-0.2, 0) is 0 Å². The summed E-state index contributed by atoms with van der Waals surface area (Å²) in [6, 6.07) is 8.40. The highest BCUT2D eigenvalue weighted by Crippen LogP contribution is 2.24. The third kappa shape index (κ3) is 3.99. The van der Waals surface area contributed by atoms with Crippen molar-refractivity contribution in [3.63, 3.8) is 0 Å². The van der Waals surface area contributed by atoms with E-state index in [4.69, 9.17) is 0 Å². The summed E-state index contributed by atoms with van der Waals surface area (Å²) in [7, 11) is 0. The first-order valence-electron chi connectivity index (χ1n) is 7.72. The quantitative estimate of drug-likeness (QED) is 0.876. The number of carbonyl (C=O) groups is 1. The van der Waals surface area contributed by atoms with Crippen molar-refractivity contribution in [2.75, 3.05) is 5.32 Å². The summed E-state index contributed by atoms with van der Waals surface area (Å²) in [6.07, 6.45) is 4.65. The fraction of sp³-hybridized carbons (Fsp3) is 0.588. The molecule has 1 saturated carbocycles. The van der Waals surface area contributed by atoms with E-state index in [1.165, 1.54) is 12.8 Å². The van der Waals surface area contributed by atoms with Crippen LogP contribution < -0.4 is 10.6 Å². The second-order valence-electron chi connectivity index (χ2n) is 6.27. The van der Waals surface area contributed by atoms with Crippen molar-refractivity contribution < 1.29 is 4.79 Å².